The molecule has 0 rings (SSSR count). The lowest BCUT2D eigenvalue weighted by atomic mass is 10.5. The SMILES string of the molecule is CCOC(=O)CNC(=O)COC(C)C. The third-order valence-corrected chi connectivity index (χ3v) is 1.28. The van der Waals surface area contributed by atoms with Gasteiger partial charge in [-0.1, -0.05) is 0 Å². The molecule has 0 saturated heterocycles. The third kappa shape index (κ3) is 7.54. The Kier molecular flexibility index (Phi) is 6.74. The predicted octanol–water partition coefficient (Wildman–Crippen LogP) is 0.0907. The second kappa shape index (κ2) is 7.32. The number of rotatable bonds is 6. The molecule has 0 spiro atoms. The Morgan fingerprint density at radius 3 is 2.50 bits per heavy atom. The van der Waals surface area contributed by atoms with Gasteiger partial charge in [0.1, 0.15) is 13.2 Å². The molecule has 0 fully saturated rings. The molecule has 82 valence electrons. The van der Waals surface area contributed by atoms with Gasteiger partial charge < -0.3 is 14.8 Å². The molecule has 0 radical (unpaired) electrons. The predicted molar refractivity (Wildman–Crippen MR) is 50.7 cm³/mol. The van der Waals surface area contributed by atoms with E-state index in [4.69, 9.17) is 4.74 Å². The lowest BCUT2D eigenvalue weighted by molar-refractivity contribution is -0.144. The molecule has 0 atom stereocenters. The van der Waals surface area contributed by atoms with Crippen LogP contribution in [0.4, 0.5) is 0 Å². The number of carbonyl (C=O) groups is 2. The number of amides is 1. The van der Waals surface area contributed by atoms with Gasteiger partial charge >= 0.3 is 5.97 Å². The highest BCUT2D eigenvalue weighted by Crippen LogP contribution is 1.86. The fourth-order valence-corrected chi connectivity index (χ4v) is 0.676. The highest BCUT2D eigenvalue weighted by Gasteiger charge is 2.06. The van der Waals surface area contributed by atoms with E-state index in [9.17, 15) is 9.59 Å². The van der Waals surface area contributed by atoms with Crippen LogP contribution in [-0.4, -0.2) is 37.7 Å². The van der Waals surface area contributed by atoms with E-state index in [0.717, 1.165) is 0 Å². The molecule has 0 aromatic rings. The number of hydrogen-bond donors (Lipinski definition) is 1. The molecular formula is C9H17NO4. The van der Waals surface area contributed by atoms with E-state index in [2.05, 4.69) is 10.1 Å². The largest absolute Gasteiger partial charge is 0.465 e. The van der Waals surface area contributed by atoms with Gasteiger partial charge in [-0.3, -0.25) is 9.59 Å². The van der Waals surface area contributed by atoms with Crippen LogP contribution in [0.15, 0.2) is 0 Å². The van der Waals surface area contributed by atoms with Crippen LogP contribution < -0.4 is 5.32 Å². The summed E-state index contributed by atoms with van der Waals surface area (Å²) in [4.78, 5) is 21.8. The summed E-state index contributed by atoms with van der Waals surface area (Å²) in [5.41, 5.74) is 0. The highest BCUT2D eigenvalue weighted by atomic mass is 16.5. The zero-order chi connectivity index (χ0) is 11.0. The first-order valence-electron chi connectivity index (χ1n) is 4.60. The third-order valence-electron chi connectivity index (χ3n) is 1.28. The maximum absolute atomic E-state index is 11.0. The Morgan fingerprint density at radius 2 is 2.00 bits per heavy atom. The molecule has 1 amide bonds. The molecule has 0 heterocycles. The maximum Gasteiger partial charge on any atom is 0.325 e. The second-order valence-corrected chi connectivity index (χ2v) is 2.94. The minimum absolute atomic E-state index is 0.00310. The Labute approximate surface area is 83.8 Å². The minimum atomic E-state index is -0.439. The fraction of sp³-hybridized carbons (Fsp3) is 0.778. The van der Waals surface area contributed by atoms with Crippen LogP contribution >= 0.6 is 0 Å². The normalized spacial score (nSPS) is 10.0. The average molecular weight is 203 g/mol. The molecule has 0 aromatic heterocycles. The van der Waals surface area contributed by atoms with Crippen molar-refractivity contribution in [1.82, 2.24) is 5.32 Å². The summed E-state index contributed by atoms with van der Waals surface area (Å²) in [6, 6.07) is 0. The molecule has 0 bridgehead atoms. The van der Waals surface area contributed by atoms with Gasteiger partial charge in [-0.15, -0.1) is 0 Å². The van der Waals surface area contributed by atoms with Gasteiger partial charge in [0.2, 0.25) is 5.91 Å². The standard InChI is InChI=1S/C9H17NO4/c1-4-13-9(12)5-10-8(11)6-14-7(2)3/h7H,4-6H2,1-3H3,(H,10,11). The summed E-state index contributed by atoms with van der Waals surface area (Å²) in [6.45, 7) is 5.56. The molecule has 0 aliphatic carbocycles. The van der Waals surface area contributed by atoms with Gasteiger partial charge in [-0.05, 0) is 20.8 Å². The minimum Gasteiger partial charge on any atom is -0.465 e. The molecule has 14 heavy (non-hydrogen) atoms. The van der Waals surface area contributed by atoms with Crippen molar-refractivity contribution in [3.63, 3.8) is 0 Å². The summed E-state index contributed by atoms with van der Waals surface area (Å²) >= 11 is 0. The molecule has 0 unspecified atom stereocenters. The fourth-order valence-electron chi connectivity index (χ4n) is 0.676. The smallest absolute Gasteiger partial charge is 0.325 e. The van der Waals surface area contributed by atoms with Crippen molar-refractivity contribution >= 4 is 11.9 Å². The van der Waals surface area contributed by atoms with Gasteiger partial charge in [-0.2, -0.15) is 0 Å². The Bertz CT molecular complexity index is 191. The van der Waals surface area contributed by atoms with E-state index in [1.54, 1.807) is 6.92 Å². The molecule has 5 heteroatoms. The maximum atomic E-state index is 11.0. The Hall–Kier alpha value is -1.10. The number of ether oxygens (including phenoxy) is 2. The van der Waals surface area contributed by atoms with E-state index in [1.807, 2.05) is 13.8 Å². The molecule has 0 aromatic carbocycles. The van der Waals surface area contributed by atoms with Crippen LogP contribution in [-0.2, 0) is 19.1 Å². The second-order valence-electron chi connectivity index (χ2n) is 2.94. The van der Waals surface area contributed by atoms with E-state index in [1.165, 1.54) is 0 Å². The van der Waals surface area contributed by atoms with Gasteiger partial charge in [0.25, 0.3) is 0 Å². The Morgan fingerprint density at radius 1 is 1.36 bits per heavy atom. The lowest BCUT2D eigenvalue weighted by Gasteiger charge is -2.07. The van der Waals surface area contributed by atoms with Crippen molar-refractivity contribution in [2.45, 2.75) is 26.9 Å². The first-order chi connectivity index (χ1) is 6.56. The van der Waals surface area contributed by atoms with E-state index in [0.29, 0.717) is 6.61 Å². The highest BCUT2D eigenvalue weighted by molar-refractivity contribution is 5.82. The summed E-state index contributed by atoms with van der Waals surface area (Å²) < 4.78 is 9.66. The van der Waals surface area contributed by atoms with Gasteiger partial charge in [0, 0.05) is 0 Å². The lowest BCUT2D eigenvalue weighted by Crippen LogP contribution is -2.33. The van der Waals surface area contributed by atoms with Crippen molar-refractivity contribution < 1.29 is 19.1 Å². The number of hydrogen-bond acceptors (Lipinski definition) is 4. The average Bonchev–Trinajstić information content (AvgIpc) is 2.12. The summed E-state index contributed by atoms with van der Waals surface area (Å²) in [6.07, 6.45) is 0.00310. The van der Waals surface area contributed by atoms with Crippen molar-refractivity contribution in [2.75, 3.05) is 19.8 Å². The first kappa shape index (κ1) is 12.9. The van der Waals surface area contributed by atoms with E-state index >= 15 is 0 Å². The zero-order valence-corrected chi connectivity index (χ0v) is 8.83. The van der Waals surface area contributed by atoms with Crippen molar-refractivity contribution in [1.29, 1.82) is 0 Å². The topological polar surface area (TPSA) is 64.6 Å². The number of carbonyl (C=O) groups excluding carboxylic acids is 2. The monoisotopic (exact) mass is 203 g/mol. The summed E-state index contributed by atoms with van der Waals surface area (Å²) in [7, 11) is 0. The summed E-state index contributed by atoms with van der Waals surface area (Å²) in [5.74, 6) is -0.753. The van der Waals surface area contributed by atoms with Crippen LogP contribution in [0.1, 0.15) is 20.8 Å². The Balaban J connectivity index is 3.48. The van der Waals surface area contributed by atoms with Gasteiger partial charge in [0.05, 0.1) is 12.7 Å². The zero-order valence-electron chi connectivity index (χ0n) is 8.83. The molecule has 1 N–H and O–H groups in total. The van der Waals surface area contributed by atoms with Crippen molar-refractivity contribution in [3.8, 4) is 0 Å². The van der Waals surface area contributed by atoms with Gasteiger partial charge in [0.15, 0.2) is 0 Å². The van der Waals surface area contributed by atoms with Crippen LogP contribution in [0.3, 0.4) is 0 Å². The number of nitrogens with one attached hydrogen (secondary N) is 1. The van der Waals surface area contributed by atoms with E-state index < -0.39 is 5.97 Å². The first-order valence-corrected chi connectivity index (χ1v) is 4.60. The van der Waals surface area contributed by atoms with Crippen LogP contribution in [0.5, 0.6) is 0 Å². The van der Waals surface area contributed by atoms with Crippen molar-refractivity contribution in [3.05, 3.63) is 0 Å². The van der Waals surface area contributed by atoms with Gasteiger partial charge in [-0.25, -0.2) is 0 Å². The molecular weight excluding hydrogens is 186 g/mol. The molecule has 5 nitrogen and oxygen atoms in total. The molecule has 0 saturated carbocycles. The van der Waals surface area contributed by atoms with Crippen LogP contribution in [0.25, 0.3) is 0 Å². The van der Waals surface area contributed by atoms with Crippen LogP contribution in [0, 0.1) is 0 Å². The summed E-state index contributed by atoms with van der Waals surface area (Å²) in [5, 5.41) is 2.38. The van der Waals surface area contributed by atoms with Crippen LogP contribution in [0.2, 0.25) is 0 Å². The van der Waals surface area contributed by atoms with Crippen molar-refractivity contribution in [2.24, 2.45) is 0 Å². The van der Waals surface area contributed by atoms with E-state index in [-0.39, 0.29) is 25.2 Å². The quantitative estimate of drug-likeness (QED) is 0.621. The molecule has 0 aliphatic heterocycles. The molecule has 0 aliphatic rings. The number of esters is 1.